The number of carbonyl (C=O) groups excluding carboxylic acids is 2. The second kappa shape index (κ2) is 8.11. The summed E-state index contributed by atoms with van der Waals surface area (Å²) in [4.78, 5) is 28.5. The smallest absolute Gasteiger partial charge is 0.313 e. The first kappa shape index (κ1) is 17.4. The van der Waals surface area contributed by atoms with Gasteiger partial charge in [0.1, 0.15) is 5.75 Å². The molecule has 0 aliphatic carbocycles. The average molecular weight is 349 g/mol. The van der Waals surface area contributed by atoms with Crippen LogP contribution in [0.1, 0.15) is 5.56 Å². The molecule has 0 spiro atoms. The zero-order chi connectivity index (χ0) is 18.4. The van der Waals surface area contributed by atoms with E-state index in [2.05, 4.69) is 15.6 Å². The van der Waals surface area contributed by atoms with Gasteiger partial charge >= 0.3 is 11.8 Å². The molecule has 26 heavy (non-hydrogen) atoms. The summed E-state index contributed by atoms with van der Waals surface area (Å²) in [6, 6.07) is 16.7. The highest BCUT2D eigenvalue weighted by atomic mass is 16.5. The predicted octanol–water partition coefficient (Wildman–Crippen LogP) is 2.54. The Morgan fingerprint density at radius 2 is 1.81 bits per heavy atom. The molecule has 0 atom stereocenters. The monoisotopic (exact) mass is 349 g/mol. The van der Waals surface area contributed by atoms with Gasteiger partial charge in [0.15, 0.2) is 0 Å². The molecule has 2 aromatic carbocycles. The molecule has 3 aromatic rings. The highest BCUT2D eigenvalue weighted by Gasteiger charge is 2.15. The van der Waals surface area contributed by atoms with Crippen LogP contribution in [0.3, 0.4) is 0 Å². The summed E-state index contributed by atoms with van der Waals surface area (Å²) in [7, 11) is 1.60. The second-order valence-electron chi connectivity index (χ2n) is 5.65. The number of amides is 2. The highest BCUT2D eigenvalue weighted by Crippen LogP contribution is 2.20. The van der Waals surface area contributed by atoms with Crippen LogP contribution in [0.25, 0.3) is 10.9 Å². The summed E-state index contributed by atoms with van der Waals surface area (Å²) in [5.74, 6) is -0.649. The van der Waals surface area contributed by atoms with Crippen LogP contribution < -0.4 is 15.4 Å². The second-order valence-corrected chi connectivity index (χ2v) is 5.65. The number of ether oxygens (including phenoxy) is 1. The zero-order valence-corrected chi connectivity index (χ0v) is 14.4. The number of hydrogen-bond donors (Lipinski definition) is 2. The minimum Gasteiger partial charge on any atom is -0.496 e. The lowest BCUT2D eigenvalue weighted by atomic mass is 10.1. The Hall–Kier alpha value is -3.41. The maximum Gasteiger partial charge on any atom is 0.313 e. The van der Waals surface area contributed by atoms with E-state index in [0.29, 0.717) is 24.2 Å². The van der Waals surface area contributed by atoms with Crippen LogP contribution in [0.2, 0.25) is 0 Å². The molecule has 6 nitrogen and oxygen atoms in total. The first-order valence-electron chi connectivity index (χ1n) is 8.24. The van der Waals surface area contributed by atoms with Gasteiger partial charge in [-0.1, -0.05) is 36.4 Å². The summed E-state index contributed by atoms with van der Waals surface area (Å²) >= 11 is 0. The van der Waals surface area contributed by atoms with E-state index < -0.39 is 11.8 Å². The first-order valence-corrected chi connectivity index (χ1v) is 8.24. The Bertz CT molecular complexity index is 935. The number of nitrogens with zero attached hydrogens (tertiary/aromatic N) is 1. The van der Waals surface area contributed by atoms with Gasteiger partial charge in [-0.2, -0.15) is 0 Å². The van der Waals surface area contributed by atoms with Crippen LogP contribution in [0.15, 0.2) is 60.8 Å². The Labute approximate surface area is 151 Å². The van der Waals surface area contributed by atoms with Crippen LogP contribution in [0, 0.1) is 0 Å². The highest BCUT2D eigenvalue weighted by molar-refractivity contribution is 6.40. The Kier molecular flexibility index (Phi) is 5.43. The predicted molar refractivity (Wildman–Crippen MR) is 100 cm³/mol. The van der Waals surface area contributed by atoms with Crippen molar-refractivity contribution < 1.29 is 14.3 Å². The lowest BCUT2D eigenvalue weighted by Gasteiger charge is -2.10. The lowest BCUT2D eigenvalue weighted by Crippen LogP contribution is -2.36. The number of carbonyl (C=O) groups is 2. The molecule has 0 unspecified atom stereocenters. The molecule has 132 valence electrons. The van der Waals surface area contributed by atoms with Gasteiger partial charge in [0, 0.05) is 18.1 Å². The topological polar surface area (TPSA) is 80.3 Å². The number of rotatable bonds is 5. The molecule has 0 aliphatic heterocycles. The molecular formula is C20H19N3O3. The van der Waals surface area contributed by atoms with E-state index >= 15 is 0 Å². The molecule has 0 saturated carbocycles. The van der Waals surface area contributed by atoms with Crippen molar-refractivity contribution in [2.45, 2.75) is 6.42 Å². The van der Waals surface area contributed by atoms with Crippen molar-refractivity contribution in [3.63, 3.8) is 0 Å². The van der Waals surface area contributed by atoms with E-state index in [-0.39, 0.29) is 0 Å². The molecule has 6 heteroatoms. The van der Waals surface area contributed by atoms with Gasteiger partial charge in [-0.05, 0) is 30.2 Å². The molecule has 0 aliphatic rings. The van der Waals surface area contributed by atoms with E-state index in [1.165, 1.54) is 0 Å². The fraction of sp³-hybridized carbons (Fsp3) is 0.150. The van der Waals surface area contributed by atoms with Crippen molar-refractivity contribution in [3.05, 3.63) is 66.4 Å². The number of pyridine rings is 1. The van der Waals surface area contributed by atoms with Crippen molar-refractivity contribution in [2.75, 3.05) is 19.0 Å². The minimum absolute atomic E-state index is 0.334. The molecule has 2 amide bonds. The van der Waals surface area contributed by atoms with Crippen LogP contribution in [0.4, 0.5) is 5.69 Å². The number of hydrogen-bond acceptors (Lipinski definition) is 4. The molecule has 0 saturated heterocycles. The van der Waals surface area contributed by atoms with Gasteiger partial charge in [0.2, 0.25) is 0 Å². The van der Waals surface area contributed by atoms with Crippen LogP contribution >= 0.6 is 0 Å². The van der Waals surface area contributed by atoms with Gasteiger partial charge in [-0.3, -0.25) is 14.6 Å². The summed E-state index contributed by atoms with van der Waals surface area (Å²) in [6.45, 7) is 0.334. The van der Waals surface area contributed by atoms with Crippen molar-refractivity contribution in [1.29, 1.82) is 0 Å². The van der Waals surface area contributed by atoms with E-state index in [4.69, 9.17) is 4.74 Å². The van der Waals surface area contributed by atoms with Gasteiger partial charge in [-0.15, -0.1) is 0 Å². The fourth-order valence-electron chi connectivity index (χ4n) is 2.68. The van der Waals surface area contributed by atoms with E-state index in [1.807, 2.05) is 42.5 Å². The average Bonchev–Trinajstić information content (AvgIpc) is 2.68. The normalized spacial score (nSPS) is 10.3. The van der Waals surface area contributed by atoms with Gasteiger partial charge < -0.3 is 15.4 Å². The Balaban J connectivity index is 1.59. The summed E-state index contributed by atoms with van der Waals surface area (Å²) in [6.07, 6.45) is 2.21. The molecule has 1 aromatic heterocycles. The van der Waals surface area contributed by atoms with E-state index in [0.717, 1.165) is 16.7 Å². The largest absolute Gasteiger partial charge is 0.496 e. The van der Waals surface area contributed by atoms with Crippen LogP contribution in [-0.4, -0.2) is 30.5 Å². The van der Waals surface area contributed by atoms with E-state index in [9.17, 15) is 9.59 Å². The standard InChI is InChI=1S/C20H19N3O3/c1-26-17-10-3-2-6-14(17)11-13-22-19(24)20(25)23-16-9-4-7-15-8-5-12-21-18(15)16/h2-10,12H,11,13H2,1H3,(H,22,24)(H,23,25). The molecule has 0 radical (unpaired) electrons. The van der Waals surface area contributed by atoms with Gasteiger partial charge in [-0.25, -0.2) is 0 Å². The maximum atomic E-state index is 12.1. The number of methoxy groups -OCH3 is 1. The summed E-state index contributed by atoms with van der Waals surface area (Å²) < 4.78 is 5.27. The van der Waals surface area contributed by atoms with E-state index in [1.54, 1.807) is 25.4 Å². The number of aromatic nitrogens is 1. The molecule has 0 fully saturated rings. The number of para-hydroxylation sites is 2. The zero-order valence-electron chi connectivity index (χ0n) is 14.4. The molecular weight excluding hydrogens is 330 g/mol. The fourth-order valence-corrected chi connectivity index (χ4v) is 2.68. The van der Waals surface area contributed by atoms with Crippen LogP contribution in [-0.2, 0) is 16.0 Å². The number of fused-ring (bicyclic) bond motifs is 1. The first-order chi connectivity index (χ1) is 12.7. The number of nitrogens with one attached hydrogen (secondary N) is 2. The van der Waals surface area contributed by atoms with Crippen molar-refractivity contribution in [1.82, 2.24) is 10.3 Å². The third kappa shape index (κ3) is 3.97. The maximum absolute atomic E-state index is 12.1. The number of anilines is 1. The molecule has 0 bridgehead atoms. The molecule has 3 rings (SSSR count). The molecule has 1 heterocycles. The lowest BCUT2D eigenvalue weighted by molar-refractivity contribution is -0.136. The Morgan fingerprint density at radius 3 is 2.65 bits per heavy atom. The summed E-state index contributed by atoms with van der Waals surface area (Å²) in [5, 5.41) is 6.13. The van der Waals surface area contributed by atoms with Crippen molar-refractivity contribution >= 4 is 28.4 Å². The SMILES string of the molecule is COc1ccccc1CCNC(=O)C(=O)Nc1cccc2cccnc12. The summed E-state index contributed by atoms with van der Waals surface area (Å²) in [5.41, 5.74) is 2.12. The van der Waals surface area contributed by atoms with Gasteiger partial charge in [0.25, 0.3) is 0 Å². The quantitative estimate of drug-likeness (QED) is 0.694. The third-order valence-corrected chi connectivity index (χ3v) is 3.96. The van der Waals surface area contributed by atoms with Gasteiger partial charge in [0.05, 0.1) is 18.3 Å². The number of benzene rings is 2. The molecule has 2 N–H and O–H groups in total. The third-order valence-electron chi connectivity index (χ3n) is 3.96. The minimum atomic E-state index is -0.719. The van der Waals surface area contributed by atoms with Crippen molar-refractivity contribution in [2.24, 2.45) is 0 Å². The Morgan fingerprint density at radius 1 is 1.00 bits per heavy atom. The van der Waals surface area contributed by atoms with Crippen LogP contribution in [0.5, 0.6) is 5.75 Å². The van der Waals surface area contributed by atoms with Crippen molar-refractivity contribution in [3.8, 4) is 5.75 Å².